The van der Waals surface area contributed by atoms with E-state index in [1.54, 1.807) is 23.1 Å². The van der Waals surface area contributed by atoms with Crippen molar-refractivity contribution in [2.75, 3.05) is 0 Å². The largest absolute Gasteiger partial charge is 0.338 e. The minimum atomic E-state index is 0.528. The second-order valence-corrected chi connectivity index (χ2v) is 7.73. The normalized spacial score (nSPS) is 15.9. The van der Waals surface area contributed by atoms with E-state index in [0.717, 1.165) is 16.5 Å². The van der Waals surface area contributed by atoms with Gasteiger partial charge in [0.15, 0.2) is 5.16 Å². The van der Waals surface area contributed by atoms with Crippen molar-refractivity contribution in [3.05, 3.63) is 28.5 Å². The summed E-state index contributed by atoms with van der Waals surface area (Å²) in [6.45, 7) is 2.03. The highest BCUT2D eigenvalue weighted by Crippen LogP contribution is 2.33. The van der Waals surface area contributed by atoms with Crippen LogP contribution in [0.3, 0.4) is 0 Å². The first-order valence-corrected chi connectivity index (χ1v) is 10.1. The summed E-state index contributed by atoms with van der Waals surface area (Å²) in [5.41, 5.74) is 1.00. The van der Waals surface area contributed by atoms with Gasteiger partial charge in [0.1, 0.15) is 5.82 Å². The standard InChI is InChI=1S/C16H19N5OS2/c1-11-18-19-16(21(11)13-5-3-2-4-6-13)24-10-14-17-15(20-22-14)12-7-8-23-9-12/h7-9,13H,2-6,10H2,1H3. The van der Waals surface area contributed by atoms with Crippen molar-refractivity contribution >= 4 is 23.1 Å². The summed E-state index contributed by atoms with van der Waals surface area (Å²) in [5, 5.41) is 17.7. The lowest BCUT2D eigenvalue weighted by molar-refractivity contribution is 0.331. The van der Waals surface area contributed by atoms with Gasteiger partial charge >= 0.3 is 0 Å². The third-order valence-corrected chi connectivity index (χ3v) is 5.96. The second kappa shape index (κ2) is 7.06. The number of hydrogen-bond acceptors (Lipinski definition) is 7. The van der Waals surface area contributed by atoms with Crippen LogP contribution >= 0.6 is 23.1 Å². The van der Waals surface area contributed by atoms with Gasteiger partial charge in [0, 0.05) is 17.0 Å². The molecule has 126 valence electrons. The Morgan fingerprint density at radius 3 is 2.96 bits per heavy atom. The van der Waals surface area contributed by atoms with Gasteiger partial charge in [0.2, 0.25) is 11.7 Å². The fourth-order valence-corrected chi connectivity index (χ4v) is 4.68. The Morgan fingerprint density at radius 1 is 1.29 bits per heavy atom. The van der Waals surface area contributed by atoms with Gasteiger partial charge < -0.3 is 9.09 Å². The van der Waals surface area contributed by atoms with Crippen LogP contribution in [0.5, 0.6) is 0 Å². The van der Waals surface area contributed by atoms with Crippen LogP contribution in [0.15, 0.2) is 26.5 Å². The lowest BCUT2D eigenvalue weighted by atomic mass is 9.95. The summed E-state index contributed by atoms with van der Waals surface area (Å²) in [7, 11) is 0. The summed E-state index contributed by atoms with van der Waals surface area (Å²) in [5.74, 6) is 2.88. The quantitative estimate of drug-likeness (QED) is 0.623. The SMILES string of the molecule is Cc1nnc(SCc2nc(-c3ccsc3)no2)n1C1CCCCC1. The fraction of sp³-hybridized carbons (Fsp3) is 0.500. The fourth-order valence-electron chi connectivity index (χ4n) is 3.16. The third-order valence-electron chi connectivity index (χ3n) is 4.35. The minimum absolute atomic E-state index is 0.528. The third kappa shape index (κ3) is 3.25. The molecule has 8 heteroatoms. The molecule has 1 aliphatic carbocycles. The molecule has 6 nitrogen and oxygen atoms in total. The van der Waals surface area contributed by atoms with E-state index in [1.165, 1.54) is 32.1 Å². The van der Waals surface area contributed by atoms with Gasteiger partial charge in [0.25, 0.3) is 0 Å². The molecule has 3 aromatic heterocycles. The van der Waals surface area contributed by atoms with Crippen molar-refractivity contribution in [1.82, 2.24) is 24.9 Å². The van der Waals surface area contributed by atoms with Crippen molar-refractivity contribution in [1.29, 1.82) is 0 Å². The molecule has 0 radical (unpaired) electrons. The summed E-state index contributed by atoms with van der Waals surface area (Å²) >= 11 is 3.25. The zero-order valence-corrected chi connectivity index (χ0v) is 15.1. The Morgan fingerprint density at radius 2 is 2.17 bits per heavy atom. The molecule has 1 aliphatic rings. The van der Waals surface area contributed by atoms with E-state index in [9.17, 15) is 0 Å². The molecule has 0 amide bonds. The molecule has 1 saturated carbocycles. The highest BCUT2D eigenvalue weighted by Gasteiger charge is 2.22. The van der Waals surface area contributed by atoms with Crippen molar-refractivity contribution in [3.63, 3.8) is 0 Å². The van der Waals surface area contributed by atoms with Gasteiger partial charge in [-0.2, -0.15) is 16.3 Å². The molecule has 0 saturated heterocycles. The zero-order chi connectivity index (χ0) is 16.4. The maximum Gasteiger partial charge on any atom is 0.237 e. The maximum absolute atomic E-state index is 5.37. The first-order valence-electron chi connectivity index (χ1n) is 8.21. The maximum atomic E-state index is 5.37. The number of aryl methyl sites for hydroxylation is 1. The van der Waals surface area contributed by atoms with Crippen LogP contribution in [-0.4, -0.2) is 24.9 Å². The van der Waals surface area contributed by atoms with Crippen molar-refractivity contribution in [3.8, 4) is 11.4 Å². The van der Waals surface area contributed by atoms with Crippen molar-refractivity contribution < 1.29 is 4.52 Å². The molecule has 1 fully saturated rings. The summed E-state index contributed by atoms with van der Waals surface area (Å²) < 4.78 is 7.66. The Hall–Kier alpha value is -1.67. The van der Waals surface area contributed by atoms with Gasteiger partial charge in [-0.15, -0.1) is 10.2 Å². The molecule has 0 bridgehead atoms. The molecule has 3 aromatic rings. The predicted molar refractivity (Wildman–Crippen MR) is 94.1 cm³/mol. The number of thiophene rings is 1. The van der Waals surface area contributed by atoms with Crippen molar-refractivity contribution in [2.24, 2.45) is 0 Å². The Labute approximate surface area is 148 Å². The van der Waals surface area contributed by atoms with Gasteiger partial charge in [0.05, 0.1) is 5.75 Å². The van der Waals surface area contributed by atoms with E-state index >= 15 is 0 Å². The van der Waals surface area contributed by atoms with E-state index in [2.05, 4.69) is 24.9 Å². The Balaban J connectivity index is 1.46. The number of thioether (sulfide) groups is 1. The Kier molecular flexibility index (Phi) is 4.66. The van der Waals surface area contributed by atoms with Gasteiger partial charge in [-0.1, -0.05) is 36.2 Å². The smallest absolute Gasteiger partial charge is 0.237 e. The molecule has 0 unspecified atom stereocenters. The van der Waals surface area contributed by atoms with Crippen LogP contribution in [0.25, 0.3) is 11.4 Å². The topological polar surface area (TPSA) is 69.6 Å². The molecule has 0 aliphatic heterocycles. The molecule has 0 spiro atoms. The van der Waals surface area contributed by atoms with Crippen LogP contribution in [-0.2, 0) is 5.75 Å². The number of nitrogens with zero attached hydrogens (tertiary/aromatic N) is 5. The molecule has 0 atom stereocenters. The van der Waals surface area contributed by atoms with E-state index in [0.29, 0.717) is 23.5 Å². The average Bonchev–Trinajstić information content (AvgIpc) is 3.34. The van der Waals surface area contributed by atoms with Crippen LogP contribution in [0.2, 0.25) is 0 Å². The summed E-state index contributed by atoms with van der Waals surface area (Å²) in [4.78, 5) is 4.47. The van der Waals surface area contributed by atoms with E-state index < -0.39 is 0 Å². The Bertz CT molecular complexity index is 789. The lowest BCUT2D eigenvalue weighted by Crippen LogP contribution is -2.15. The second-order valence-electron chi connectivity index (χ2n) is 6.00. The van der Waals surface area contributed by atoms with Gasteiger partial charge in [-0.25, -0.2) is 0 Å². The van der Waals surface area contributed by atoms with Crippen LogP contribution in [0.1, 0.15) is 49.9 Å². The molecule has 0 aromatic carbocycles. The number of aromatic nitrogens is 5. The minimum Gasteiger partial charge on any atom is -0.338 e. The van der Waals surface area contributed by atoms with Gasteiger partial charge in [-0.05, 0) is 31.2 Å². The van der Waals surface area contributed by atoms with Gasteiger partial charge in [-0.3, -0.25) is 0 Å². The molecule has 0 N–H and O–H groups in total. The molecular weight excluding hydrogens is 342 g/mol. The predicted octanol–water partition coefficient (Wildman–Crippen LogP) is 4.50. The van der Waals surface area contributed by atoms with E-state index in [-0.39, 0.29) is 0 Å². The number of hydrogen-bond donors (Lipinski definition) is 0. The zero-order valence-electron chi connectivity index (χ0n) is 13.5. The average molecular weight is 361 g/mol. The molecule has 24 heavy (non-hydrogen) atoms. The molecular formula is C16H19N5OS2. The van der Waals surface area contributed by atoms with Crippen molar-refractivity contribution in [2.45, 2.75) is 56.0 Å². The van der Waals surface area contributed by atoms with Crippen LogP contribution < -0.4 is 0 Å². The van der Waals surface area contributed by atoms with E-state index in [1.807, 2.05) is 23.8 Å². The lowest BCUT2D eigenvalue weighted by Gasteiger charge is -2.24. The first-order chi connectivity index (χ1) is 11.8. The number of rotatable bonds is 5. The van der Waals surface area contributed by atoms with Crippen LogP contribution in [0, 0.1) is 6.92 Å². The summed E-state index contributed by atoms with van der Waals surface area (Å²) in [6.07, 6.45) is 6.36. The molecule has 4 rings (SSSR count). The highest BCUT2D eigenvalue weighted by atomic mass is 32.2. The highest BCUT2D eigenvalue weighted by molar-refractivity contribution is 7.98. The molecule has 3 heterocycles. The van der Waals surface area contributed by atoms with Crippen LogP contribution in [0.4, 0.5) is 0 Å². The first kappa shape index (κ1) is 15.8. The summed E-state index contributed by atoms with van der Waals surface area (Å²) in [6, 6.07) is 2.52. The van der Waals surface area contributed by atoms with E-state index in [4.69, 9.17) is 4.52 Å². The monoisotopic (exact) mass is 361 g/mol.